The van der Waals surface area contributed by atoms with E-state index in [0.717, 1.165) is 11.1 Å². The topological polar surface area (TPSA) is 70.4 Å². The number of hydrogen-bond donors (Lipinski definition) is 0. The van der Waals surface area contributed by atoms with E-state index in [9.17, 15) is 9.59 Å². The van der Waals surface area contributed by atoms with Crippen LogP contribution in [0.25, 0.3) is 12.2 Å². The largest absolute Gasteiger partial charge is 0.463 e. The summed E-state index contributed by atoms with van der Waals surface area (Å²) in [6.45, 7) is 4.81. The summed E-state index contributed by atoms with van der Waals surface area (Å²) in [5.41, 5.74) is 1.94. The van der Waals surface area contributed by atoms with Gasteiger partial charge in [0.25, 0.3) is 0 Å². The predicted octanol–water partition coefficient (Wildman–Crippen LogP) is 3.08. The summed E-state index contributed by atoms with van der Waals surface area (Å²) in [5.74, 6) is -0.0995. The minimum Gasteiger partial charge on any atom is -0.463 e. The first-order valence-corrected chi connectivity index (χ1v) is 8.42. The zero-order chi connectivity index (χ0) is 18.8. The van der Waals surface area contributed by atoms with E-state index in [4.69, 9.17) is 9.47 Å². The predicted molar refractivity (Wildman–Crippen MR) is 99.1 cm³/mol. The summed E-state index contributed by atoms with van der Waals surface area (Å²) in [4.78, 5) is 27.1. The van der Waals surface area contributed by atoms with E-state index in [1.54, 1.807) is 32.2 Å². The van der Waals surface area contributed by atoms with Crippen molar-refractivity contribution in [2.24, 2.45) is 0 Å². The third kappa shape index (κ3) is 6.05. The highest BCUT2D eigenvalue weighted by Crippen LogP contribution is 2.11. The zero-order valence-corrected chi connectivity index (χ0v) is 14.9. The molecule has 26 heavy (non-hydrogen) atoms. The van der Waals surface area contributed by atoms with Crippen molar-refractivity contribution in [1.29, 1.82) is 0 Å². The fraction of sp³-hybridized carbons (Fsp3) is 0.250. The standard InChI is InChI=1S/C20H22N2O4/c1-3-25-19(23)10-8-16-6-5-7-17(14-16)15-22-13-12-21-18(22)9-11-20(24)26-4-2/h5-14H,3-4,15H2,1-2H3/b10-8+,11-9+. The maximum absolute atomic E-state index is 11.4. The van der Waals surface area contributed by atoms with Crippen LogP contribution in [0.3, 0.4) is 0 Å². The first kappa shape index (κ1) is 19.2. The lowest BCUT2D eigenvalue weighted by molar-refractivity contribution is -0.138. The molecule has 1 heterocycles. The van der Waals surface area contributed by atoms with Gasteiger partial charge in [0.15, 0.2) is 0 Å². The van der Waals surface area contributed by atoms with Gasteiger partial charge in [-0.15, -0.1) is 0 Å². The van der Waals surface area contributed by atoms with Crippen LogP contribution in [0.1, 0.15) is 30.8 Å². The van der Waals surface area contributed by atoms with Crippen LogP contribution in [-0.4, -0.2) is 34.7 Å². The molecule has 136 valence electrons. The molecular formula is C20H22N2O4. The molecule has 0 atom stereocenters. The van der Waals surface area contributed by atoms with Gasteiger partial charge < -0.3 is 14.0 Å². The molecule has 0 N–H and O–H groups in total. The van der Waals surface area contributed by atoms with Crippen LogP contribution >= 0.6 is 0 Å². The molecule has 0 aliphatic rings. The van der Waals surface area contributed by atoms with Crippen molar-refractivity contribution >= 4 is 24.1 Å². The molecule has 1 aromatic heterocycles. The molecule has 2 rings (SSSR count). The average Bonchev–Trinajstić information content (AvgIpc) is 3.06. The molecule has 6 heteroatoms. The number of esters is 2. The lowest BCUT2D eigenvalue weighted by Crippen LogP contribution is -2.03. The maximum Gasteiger partial charge on any atom is 0.330 e. The third-order valence-electron chi connectivity index (χ3n) is 3.41. The van der Waals surface area contributed by atoms with Gasteiger partial charge in [-0.3, -0.25) is 0 Å². The molecule has 1 aromatic carbocycles. The van der Waals surface area contributed by atoms with Crippen molar-refractivity contribution in [1.82, 2.24) is 9.55 Å². The van der Waals surface area contributed by atoms with Gasteiger partial charge in [-0.2, -0.15) is 0 Å². The van der Waals surface area contributed by atoms with Crippen LogP contribution in [-0.2, 0) is 25.6 Å². The Balaban J connectivity index is 2.08. The molecule has 0 fully saturated rings. The highest BCUT2D eigenvalue weighted by Gasteiger charge is 2.03. The normalized spacial score (nSPS) is 11.2. The van der Waals surface area contributed by atoms with E-state index in [2.05, 4.69) is 4.98 Å². The molecule has 0 radical (unpaired) electrons. The molecule has 0 unspecified atom stereocenters. The second-order valence-corrected chi connectivity index (χ2v) is 5.33. The Morgan fingerprint density at radius 1 is 1.08 bits per heavy atom. The highest BCUT2D eigenvalue weighted by molar-refractivity contribution is 5.87. The molecule has 0 spiro atoms. The van der Waals surface area contributed by atoms with Crippen LogP contribution in [0, 0.1) is 0 Å². The molecule has 0 saturated heterocycles. The Labute approximate surface area is 152 Å². The van der Waals surface area contributed by atoms with Crippen LogP contribution in [0.5, 0.6) is 0 Å². The van der Waals surface area contributed by atoms with Crippen molar-refractivity contribution in [2.45, 2.75) is 20.4 Å². The number of benzene rings is 1. The second kappa shape index (κ2) is 9.98. The van der Waals surface area contributed by atoms with Gasteiger partial charge in [-0.05, 0) is 43.2 Å². The van der Waals surface area contributed by atoms with Gasteiger partial charge >= 0.3 is 11.9 Å². The fourth-order valence-electron chi connectivity index (χ4n) is 2.29. The van der Waals surface area contributed by atoms with Gasteiger partial charge in [0.05, 0.1) is 13.2 Å². The van der Waals surface area contributed by atoms with Crippen LogP contribution in [0.4, 0.5) is 0 Å². The molecule has 0 saturated carbocycles. The maximum atomic E-state index is 11.4. The van der Waals surface area contributed by atoms with Gasteiger partial charge in [0.2, 0.25) is 0 Å². The molecule has 0 amide bonds. The minimum absolute atomic E-state index is 0.337. The number of imidazole rings is 1. The Morgan fingerprint density at radius 3 is 2.46 bits per heavy atom. The fourth-order valence-corrected chi connectivity index (χ4v) is 2.29. The van der Waals surface area contributed by atoms with Crippen molar-refractivity contribution in [2.75, 3.05) is 13.2 Å². The number of nitrogens with zero attached hydrogens (tertiary/aromatic N) is 2. The monoisotopic (exact) mass is 354 g/mol. The molecule has 0 aliphatic heterocycles. The van der Waals surface area contributed by atoms with Crippen molar-refractivity contribution < 1.29 is 19.1 Å². The third-order valence-corrected chi connectivity index (χ3v) is 3.41. The molecule has 0 aliphatic carbocycles. The quantitative estimate of drug-likeness (QED) is 0.538. The minimum atomic E-state index is -0.395. The molecule has 6 nitrogen and oxygen atoms in total. The Morgan fingerprint density at radius 2 is 1.77 bits per heavy atom. The Kier molecular flexibility index (Phi) is 7.36. The Hall–Kier alpha value is -3.15. The van der Waals surface area contributed by atoms with Crippen molar-refractivity contribution in [3.8, 4) is 0 Å². The van der Waals surface area contributed by atoms with Gasteiger partial charge in [-0.1, -0.05) is 18.2 Å². The molecule has 2 aromatic rings. The number of ether oxygens (including phenoxy) is 2. The summed E-state index contributed by atoms with van der Waals surface area (Å²) in [5, 5.41) is 0. The second-order valence-electron chi connectivity index (χ2n) is 5.33. The number of carbonyl (C=O) groups is 2. The first-order valence-electron chi connectivity index (χ1n) is 8.42. The Bertz CT molecular complexity index is 806. The van der Waals surface area contributed by atoms with Gasteiger partial charge in [-0.25, -0.2) is 14.6 Å². The number of hydrogen-bond acceptors (Lipinski definition) is 5. The summed E-state index contributed by atoms with van der Waals surface area (Å²) in [6, 6.07) is 7.80. The zero-order valence-electron chi connectivity index (χ0n) is 14.9. The van der Waals surface area contributed by atoms with E-state index in [1.165, 1.54) is 12.2 Å². The number of aromatic nitrogens is 2. The first-order chi connectivity index (χ1) is 12.6. The number of rotatable bonds is 8. The lowest BCUT2D eigenvalue weighted by Gasteiger charge is -2.06. The van der Waals surface area contributed by atoms with E-state index in [0.29, 0.717) is 25.6 Å². The van der Waals surface area contributed by atoms with Gasteiger partial charge in [0.1, 0.15) is 5.82 Å². The summed E-state index contributed by atoms with van der Waals surface area (Å²) in [6.07, 6.45) is 9.63. The van der Waals surface area contributed by atoms with Crippen molar-refractivity contribution in [3.63, 3.8) is 0 Å². The lowest BCUT2D eigenvalue weighted by atomic mass is 10.1. The number of carbonyl (C=O) groups excluding carboxylic acids is 2. The summed E-state index contributed by atoms with van der Waals surface area (Å²) >= 11 is 0. The van der Waals surface area contributed by atoms with E-state index in [-0.39, 0.29) is 5.97 Å². The smallest absolute Gasteiger partial charge is 0.330 e. The van der Waals surface area contributed by atoms with Gasteiger partial charge in [0, 0.05) is 31.1 Å². The highest BCUT2D eigenvalue weighted by atomic mass is 16.5. The molecular weight excluding hydrogens is 332 g/mol. The molecule has 0 bridgehead atoms. The average molecular weight is 354 g/mol. The van der Waals surface area contributed by atoms with Crippen LogP contribution in [0.2, 0.25) is 0 Å². The van der Waals surface area contributed by atoms with Crippen LogP contribution in [0.15, 0.2) is 48.8 Å². The van der Waals surface area contributed by atoms with E-state index in [1.807, 2.05) is 35.0 Å². The summed E-state index contributed by atoms with van der Waals surface area (Å²) < 4.78 is 11.7. The SMILES string of the molecule is CCOC(=O)/C=C/c1cccc(Cn2ccnc2/C=C/C(=O)OCC)c1. The van der Waals surface area contributed by atoms with Crippen molar-refractivity contribution in [3.05, 3.63) is 65.8 Å². The summed E-state index contributed by atoms with van der Waals surface area (Å²) in [7, 11) is 0. The van der Waals surface area contributed by atoms with E-state index < -0.39 is 5.97 Å². The van der Waals surface area contributed by atoms with Crippen LogP contribution < -0.4 is 0 Å². The van der Waals surface area contributed by atoms with E-state index >= 15 is 0 Å².